The molecule has 1 aromatic carbocycles. The van der Waals surface area contributed by atoms with E-state index in [-0.39, 0.29) is 11.5 Å². The van der Waals surface area contributed by atoms with Gasteiger partial charge in [0, 0.05) is 31.0 Å². The van der Waals surface area contributed by atoms with Crippen LogP contribution in [0.25, 0.3) is 0 Å². The summed E-state index contributed by atoms with van der Waals surface area (Å²) in [4.78, 5) is 4.43. The Balaban J connectivity index is 1.64. The van der Waals surface area contributed by atoms with Crippen molar-refractivity contribution >= 4 is 5.96 Å². The van der Waals surface area contributed by atoms with E-state index in [1.54, 1.807) is 0 Å². The van der Waals surface area contributed by atoms with Gasteiger partial charge in [0.15, 0.2) is 5.96 Å². The summed E-state index contributed by atoms with van der Waals surface area (Å²) in [5.41, 5.74) is 1.42. The standard InChI is InChI=1S/C19H29N3O/c1-13(14-9-6-5-7-10-14)21-18(20-4)22-16-15-11-8-12-23-17(15)19(16,2)3/h5-7,9-10,13,15-17H,8,11-12H2,1-4H3,(H2,20,21,22). The maximum absolute atomic E-state index is 5.99. The first-order valence-corrected chi connectivity index (χ1v) is 8.70. The Kier molecular flexibility index (Phi) is 4.62. The molecule has 0 amide bonds. The Hall–Kier alpha value is -1.55. The second-order valence-electron chi connectivity index (χ2n) is 7.39. The molecule has 1 aromatic rings. The average molecular weight is 315 g/mol. The molecule has 126 valence electrons. The van der Waals surface area contributed by atoms with E-state index >= 15 is 0 Å². The molecule has 0 aromatic heterocycles. The summed E-state index contributed by atoms with van der Waals surface area (Å²) in [5, 5.41) is 7.17. The highest BCUT2D eigenvalue weighted by Crippen LogP contribution is 2.51. The maximum atomic E-state index is 5.99. The van der Waals surface area contributed by atoms with Gasteiger partial charge < -0.3 is 15.4 Å². The van der Waals surface area contributed by atoms with Crippen LogP contribution in [0.5, 0.6) is 0 Å². The van der Waals surface area contributed by atoms with Gasteiger partial charge in [-0.3, -0.25) is 4.99 Å². The van der Waals surface area contributed by atoms with Gasteiger partial charge in [0.25, 0.3) is 0 Å². The van der Waals surface area contributed by atoms with Gasteiger partial charge in [-0.2, -0.15) is 0 Å². The van der Waals surface area contributed by atoms with E-state index in [1.807, 2.05) is 13.1 Å². The molecule has 2 fully saturated rings. The minimum Gasteiger partial charge on any atom is -0.377 e. The van der Waals surface area contributed by atoms with Crippen molar-refractivity contribution in [1.82, 2.24) is 10.6 Å². The Bertz CT molecular complexity index is 555. The second-order valence-corrected chi connectivity index (χ2v) is 7.39. The predicted octanol–water partition coefficient (Wildman–Crippen LogP) is 3.12. The summed E-state index contributed by atoms with van der Waals surface area (Å²) < 4.78 is 5.99. The molecule has 3 rings (SSSR count). The van der Waals surface area contributed by atoms with Crippen LogP contribution in [-0.2, 0) is 4.74 Å². The van der Waals surface area contributed by atoms with E-state index in [9.17, 15) is 0 Å². The number of aliphatic imine (C=N–C) groups is 1. The van der Waals surface area contributed by atoms with Crippen LogP contribution >= 0.6 is 0 Å². The first kappa shape index (κ1) is 16.3. The van der Waals surface area contributed by atoms with Gasteiger partial charge in [0.05, 0.1) is 12.1 Å². The van der Waals surface area contributed by atoms with Crippen LogP contribution in [0.15, 0.2) is 35.3 Å². The number of fused-ring (bicyclic) bond motifs is 1. The van der Waals surface area contributed by atoms with E-state index in [2.05, 4.69) is 60.7 Å². The molecule has 2 aliphatic rings. The zero-order chi connectivity index (χ0) is 16.4. The zero-order valence-corrected chi connectivity index (χ0v) is 14.7. The van der Waals surface area contributed by atoms with E-state index in [4.69, 9.17) is 4.74 Å². The smallest absolute Gasteiger partial charge is 0.191 e. The molecule has 2 N–H and O–H groups in total. The third kappa shape index (κ3) is 3.09. The highest BCUT2D eigenvalue weighted by molar-refractivity contribution is 5.80. The highest BCUT2D eigenvalue weighted by Gasteiger charge is 2.58. The summed E-state index contributed by atoms with van der Waals surface area (Å²) in [7, 11) is 1.84. The van der Waals surface area contributed by atoms with E-state index in [0.29, 0.717) is 18.1 Å². The molecule has 0 spiro atoms. The van der Waals surface area contributed by atoms with Gasteiger partial charge in [0.1, 0.15) is 0 Å². The summed E-state index contributed by atoms with van der Waals surface area (Å²) >= 11 is 0. The van der Waals surface area contributed by atoms with Crippen molar-refractivity contribution in [2.24, 2.45) is 16.3 Å². The Morgan fingerprint density at radius 1 is 1.30 bits per heavy atom. The van der Waals surface area contributed by atoms with Crippen LogP contribution in [0.1, 0.15) is 45.2 Å². The number of nitrogens with zero attached hydrogens (tertiary/aromatic N) is 1. The van der Waals surface area contributed by atoms with Crippen molar-refractivity contribution in [3.63, 3.8) is 0 Å². The van der Waals surface area contributed by atoms with Crippen molar-refractivity contribution < 1.29 is 4.74 Å². The van der Waals surface area contributed by atoms with Crippen molar-refractivity contribution in [2.75, 3.05) is 13.7 Å². The normalized spacial score (nSPS) is 30.8. The Labute approximate surface area is 139 Å². The van der Waals surface area contributed by atoms with Crippen LogP contribution in [0.4, 0.5) is 0 Å². The molecule has 0 bridgehead atoms. The first-order valence-electron chi connectivity index (χ1n) is 8.70. The fourth-order valence-corrected chi connectivity index (χ4v) is 4.16. The third-order valence-corrected chi connectivity index (χ3v) is 5.50. The van der Waals surface area contributed by atoms with Crippen molar-refractivity contribution in [3.8, 4) is 0 Å². The molecule has 4 atom stereocenters. The predicted molar refractivity (Wildman–Crippen MR) is 94.5 cm³/mol. The minimum absolute atomic E-state index is 0.151. The molecular weight excluding hydrogens is 286 g/mol. The number of ether oxygens (including phenoxy) is 1. The number of hydrogen-bond acceptors (Lipinski definition) is 2. The number of nitrogens with one attached hydrogen (secondary N) is 2. The maximum Gasteiger partial charge on any atom is 0.191 e. The number of benzene rings is 1. The van der Waals surface area contributed by atoms with E-state index in [1.165, 1.54) is 18.4 Å². The van der Waals surface area contributed by atoms with Gasteiger partial charge >= 0.3 is 0 Å². The number of hydrogen-bond donors (Lipinski definition) is 2. The summed E-state index contributed by atoms with van der Waals surface area (Å²) in [6.45, 7) is 7.67. The SMILES string of the molecule is CN=C(NC(C)c1ccccc1)NC1C2CCCOC2C1(C)C. The lowest BCUT2D eigenvalue weighted by atomic mass is 9.55. The second kappa shape index (κ2) is 6.52. The van der Waals surface area contributed by atoms with Gasteiger partial charge in [0.2, 0.25) is 0 Å². The molecule has 4 nitrogen and oxygen atoms in total. The summed E-state index contributed by atoms with van der Waals surface area (Å²) in [6, 6.07) is 11.1. The molecule has 1 aliphatic heterocycles. The molecule has 1 saturated carbocycles. The Morgan fingerprint density at radius 3 is 2.74 bits per heavy atom. The highest BCUT2D eigenvalue weighted by atomic mass is 16.5. The van der Waals surface area contributed by atoms with Gasteiger partial charge in [-0.1, -0.05) is 44.2 Å². The van der Waals surface area contributed by atoms with Crippen LogP contribution in [0.2, 0.25) is 0 Å². The van der Waals surface area contributed by atoms with E-state index < -0.39 is 0 Å². The van der Waals surface area contributed by atoms with E-state index in [0.717, 1.165) is 12.6 Å². The van der Waals surface area contributed by atoms with Crippen LogP contribution in [0.3, 0.4) is 0 Å². The minimum atomic E-state index is 0.151. The fourth-order valence-electron chi connectivity index (χ4n) is 4.16. The molecule has 1 heterocycles. The average Bonchev–Trinajstić information content (AvgIpc) is 2.59. The lowest BCUT2D eigenvalue weighted by molar-refractivity contribution is -0.188. The molecular formula is C19H29N3O. The molecule has 1 aliphatic carbocycles. The quantitative estimate of drug-likeness (QED) is 0.665. The fraction of sp³-hybridized carbons (Fsp3) is 0.632. The molecule has 0 radical (unpaired) electrons. The van der Waals surface area contributed by atoms with Crippen LogP contribution in [0, 0.1) is 11.3 Å². The molecule has 4 unspecified atom stereocenters. The Morgan fingerprint density at radius 2 is 2.04 bits per heavy atom. The molecule has 4 heteroatoms. The number of rotatable bonds is 3. The van der Waals surface area contributed by atoms with Crippen molar-refractivity contribution in [2.45, 2.75) is 51.8 Å². The van der Waals surface area contributed by atoms with Crippen molar-refractivity contribution in [3.05, 3.63) is 35.9 Å². The lowest BCUT2D eigenvalue weighted by Gasteiger charge is -2.60. The van der Waals surface area contributed by atoms with Crippen LogP contribution < -0.4 is 10.6 Å². The topological polar surface area (TPSA) is 45.7 Å². The molecule has 1 saturated heterocycles. The third-order valence-electron chi connectivity index (χ3n) is 5.50. The van der Waals surface area contributed by atoms with Gasteiger partial charge in [-0.05, 0) is 25.3 Å². The first-order chi connectivity index (χ1) is 11.0. The van der Waals surface area contributed by atoms with Crippen molar-refractivity contribution in [1.29, 1.82) is 0 Å². The van der Waals surface area contributed by atoms with Crippen LogP contribution in [-0.4, -0.2) is 31.8 Å². The summed E-state index contributed by atoms with van der Waals surface area (Å²) in [5.74, 6) is 1.48. The molecule has 23 heavy (non-hydrogen) atoms. The summed E-state index contributed by atoms with van der Waals surface area (Å²) in [6.07, 6.45) is 2.80. The largest absolute Gasteiger partial charge is 0.377 e. The lowest BCUT2D eigenvalue weighted by Crippen LogP contribution is -2.71. The van der Waals surface area contributed by atoms with Gasteiger partial charge in [-0.25, -0.2) is 0 Å². The van der Waals surface area contributed by atoms with Gasteiger partial charge in [-0.15, -0.1) is 0 Å². The zero-order valence-electron chi connectivity index (χ0n) is 14.7. The monoisotopic (exact) mass is 315 g/mol. The number of guanidine groups is 1.